The van der Waals surface area contributed by atoms with Gasteiger partial charge in [-0.15, -0.1) is 0 Å². The molecule has 0 saturated heterocycles. The number of aliphatic hydroxyl groups is 1. The van der Waals surface area contributed by atoms with Crippen molar-refractivity contribution in [1.29, 1.82) is 0 Å². The molecule has 0 saturated carbocycles. The maximum atomic E-state index is 9.12. The number of aromatic nitrogens is 2. The lowest BCUT2D eigenvalue weighted by Gasteiger charge is -2.06. The summed E-state index contributed by atoms with van der Waals surface area (Å²) in [6, 6.07) is 13.9. The number of hydrogen-bond acceptors (Lipinski definition) is 3. The standard InChI is InChI=1S/C16H17N3O/c20-12-14-5-3-4-13(8-14)9-17-10-15-11-18-16-6-1-2-7-19(15)16/h1-8,11,17,20H,9-10,12H2. The van der Waals surface area contributed by atoms with Gasteiger partial charge in [-0.1, -0.05) is 30.3 Å². The predicted molar refractivity (Wildman–Crippen MR) is 78.1 cm³/mol. The molecule has 20 heavy (non-hydrogen) atoms. The van der Waals surface area contributed by atoms with Gasteiger partial charge in [0.25, 0.3) is 0 Å². The maximum absolute atomic E-state index is 9.12. The molecule has 0 spiro atoms. The molecule has 0 atom stereocenters. The molecule has 0 unspecified atom stereocenters. The highest BCUT2D eigenvalue weighted by Crippen LogP contribution is 2.07. The molecule has 0 radical (unpaired) electrons. The lowest BCUT2D eigenvalue weighted by molar-refractivity contribution is 0.281. The highest BCUT2D eigenvalue weighted by atomic mass is 16.3. The number of nitrogens with one attached hydrogen (secondary N) is 1. The summed E-state index contributed by atoms with van der Waals surface area (Å²) in [5.74, 6) is 0. The molecule has 1 aromatic carbocycles. The first-order valence-corrected chi connectivity index (χ1v) is 6.67. The second-order valence-electron chi connectivity index (χ2n) is 4.76. The Balaban J connectivity index is 1.65. The van der Waals surface area contributed by atoms with Crippen LogP contribution in [0.15, 0.2) is 54.9 Å². The summed E-state index contributed by atoms with van der Waals surface area (Å²) in [5, 5.41) is 12.5. The zero-order chi connectivity index (χ0) is 13.8. The first-order chi connectivity index (χ1) is 9.86. The van der Waals surface area contributed by atoms with Crippen LogP contribution in [0.25, 0.3) is 5.65 Å². The summed E-state index contributed by atoms with van der Waals surface area (Å²) >= 11 is 0. The zero-order valence-electron chi connectivity index (χ0n) is 11.2. The molecule has 0 bridgehead atoms. The molecular weight excluding hydrogens is 250 g/mol. The second kappa shape index (κ2) is 5.86. The highest BCUT2D eigenvalue weighted by Gasteiger charge is 2.02. The van der Waals surface area contributed by atoms with E-state index in [9.17, 15) is 0 Å². The average Bonchev–Trinajstić information content (AvgIpc) is 2.91. The minimum absolute atomic E-state index is 0.0844. The van der Waals surface area contributed by atoms with Crippen LogP contribution < -0.4 is 5.32 Å². The number of fused-ring (bicyclic) bond motifs is 1. The van der Waals surface area contributed by atoms with Crippen LogP contribution in [0.2, 0.25) is 0 Å². The molecule has 2 heterocycles. The number of benzene rings is 1. The molecule has 0 amide bonds. The lowest BCUT2D eigenvalue weighted by atomic mass is 10.1. The Kier molecular flexibility index (Phi) is 3.76. The fraction of sp³-hybridized carbons (Fsp3) is 0.188. The van der Waals surface area contributed by atoms with Gasteiger partial charge in [0, 0.05) is 19.3 Å². The minimum atomic E-state index is 0.0844. The lowest BCUT2D eigenvalue weighted by Crippen LogP contribution is -2.14. The summed E-state index contributed by atoms with van der Waals surface area (Å²) < 4.78 is 2.08. The number of imidazole rings is 1. The Bertz CT molecular complexity index is 706. The summed E-state index contributed by atoms with van der Waals surface area (Å²) in [7, 11) is 0. The van der Waals surface area contributed by atoms with Gasteiger partial charge in [-0.2, -0.15) is 0 Å². The zero-order valence-corrected chi connectivity index (χ0v) is 11.2. The van der Waals surface area contributed by atoms with Gasteiger partial charge in [-0.25, -0.2) is 4.98 Å². The molecule has 4 nitrogen and oxygen atoms in total. The molecule has 2 N–H and O–H groups in total. The van der Waals surface area contributed by atoms with Gasteiger partial charge >= 0.3 is 0 Å². The van der Waals surface area contributed by atoms with E-state index in [1.165, 1.54) is 5.56 Å². The molecule has 102 valence electrons. The van der Waals surface area contributed by atoms with Crippen molar-refractivity contribution in [3.8, 4) is 0 Å². The van der Waals surface area contributed by atoms with E-state index in [1.54, 1.807) is 0 Å². The Morgan fingerprint density at radius 1 is 1.05 bits per heavy atom. The van der Waals surface area contributed by atoms with E-state index in [0.29, 0.717) is 0 Å². The first-order valence-electron chi connectivity index (χ1n) is 6.67. The Morgan fingerprint density at radius 3 is 2.85 bits per heavy atom. The fourth-order valence-electron chi connectivity index (χ4n) is 2.29. The summed E-state index contributed by atoms with van der Waals surface area (Å²) in [6.07, 6.45) is 3.91. The van der Waals surface area contributed by atoms with Crippen molar-refractivity contribution in [1.82, 2.24) is 14.7 Å². The number of nitrogens with zero attached hydrogens (tertiary/aromatic N) is 2. The molecule has 0 fully saturated rings. The molecule has 3 rings (SSSR count). The molecule has 0 aliphatic heterocycles. The summed E-state index contributed by atoms with van der Waals surface area (Å²) in [4.78, 5) is 4.36. The van der Waals surface area contributed by atoms with E-state index in [-0.39, 0.29) is 6.61 Å². The van der Waals surface area contributed by atoms with E-state index < -0.39 is 0 Å². The molecule has 4 heteroatoms. The Morgan fingerprint density at radius 2 is 1.95 bits per heavy atom. The normalized spacial score (nSPS) is 11.1. The monoisotopic (exact) mass is 267 g/mol. The van der Waals surface area contributed by atoms with Crippen molar-refractivity contribution >= 4 is 5.65 Å². The third-order valence-electron chi connectivity index (χ3n) is 3.30. The Hall–Kier alpha value is -2.17. The van der Waals surface area contributed by atoms with Gasteiger partial charge < -0.3 is 14.8 Å². The van der Waals surface area contributed by atoms with E-state index >= 15 is 0 Å². The van der Waals surface area contributed by atoms with Crippen molar-refractivity contribution in [2.24, 2.45) is 0 Å². The van der Waals surface area contributed by atoms with Crippen LogP contribution >= 0.6 is 0 Å². The highest BCUT2D eigenvalue weighted by molar-refractivity contribution is 5.39. The van der Waals surface area contributed by atoms with Crippen molar-refractivity contribution in [2.45, 2.75) is 19.7 Å². The third-order valence-corrected chi connectivity index (χ3v) is 3.30. The van der Waals surface area contributed by atoms with Crippen LogP contribution in [0.3, 0.4) is 0 Å². The van der Waals surface area contributed by atoms with Gasteiger partial charge in [0.05, 0.1) is 18.5 Å². The van der Waals surface area contributed by atoms with E-state index in [0.717, 1.165) is 30.0 Å². The van der Waals surface area contributed by atoms with E-state index in [1.807, 2.05) is 48.8 Å². The third kappa shape index (κ3) is 2.71. The maximum Gasteiger partial charge on any atom is 0.136 e. The quantitative estimate of drug-likeness (QED) is 0.744. The summed E-state index contributed by atoms with van der Waals surface area (Å²) in [5.41, 5.74) is 4.22. The van der Waals surface area contributed by atoms with E-state index in [2.05, 4.69) is 20.8 Å². The number of hydrogen-bond donors (Lipinski definition) is 2. The molecule has 0 aliphatic carbocycles. The van der Waals surface area contributed by atoms with Crippen LogP contribution in [-0.2, 0) is 19.7 Å². The van der Waals surface area contributed by atoms with Crippen LogP contribution in [0.5, 0.6) is 0 Å². The SMILES string of the molecule is OCc1cccc(CNCc2cnc3ccccn23)c1. The average molecular weight is 267 g/mol. The van der Waals surface area contributed by atoms with Crippen molar-refractivity contribution < 1.29 is 5.11 Å². The minimum Gasteiger partial charge on any atom is -0.392 e. The fourth-order valence-corrected chi connectivity index (χ4v) is 2.29. The van der Waals surface area contributed by atoms with Crippen LogP contribution in [0, 0.1) is 0 Å². The van der Waals surface area contributed by atoms with E-state index in [4.69, 9.17) is 5.11 Å². The topological polar surface area (TPSA) is 49.6 Å². The van der Waals surface area contributed by atoms with Crippen LogP contribution in [-0.4, -0.2) is 14.5 Å². The Labute approximate surface area is 117 Å². The number of rotatable bonds is 5. The van der Waals surface area contributed by atoms with Crippen molar-refractivity contribution in [3.05, 3.63) is 71.7 Å². The van der Waals surface area contributed by atoms with Crippen molar-refractivity contribution in [3.63, 3.8) is 0 Å². The van der Waals surface area contributed by atoms with Gasteiger partial charge in [0.15, 0.2) is 0 Å². The van der Waals surface area contributed by atoms with Gasteiger partial charge in [0.1, 0.15) is 5.65 Å². The second-order valence-corrected chi connectivity index (χ2v) is 4.76. The van der Waals surface area contributed by atoms with Gasteiger partial charge in [0.2, 0.25) is 0 Å². The largest absolute Gasteiger partial charge is 0.392 e. The smallest absolute Gasteiger partial charge is 0.136 e. The molecule has 0 aliphatic rings. The van der Waals surface area contributed by atoms with Crippen molar-refractivity contribution in [2.75, 3.05) is 0 Å². The molecule has 2 aromatic heterocycles. The number of pyridine rings is 1. The van der Waals surface area contributed by atoms with Gasteiger partial charge in [-0.05, 0) is 23.3 Å². The molecular formula is C16H17N3O. The van der Waals surface area contributed by atoms with Gasteiger partial charge in [-0.3, -0.25) is 0 Å². The van der Waals surface area contributed by atoms with Crippen LogP contribution in [0.1, 0.15) is 16.8 Å². The summed E-state index contributed by atoms with van der Waals surface area (Å²) in [6.45, 7) is 1.61. The molecule has 3 aromatic rings. The predicted octanol–water partition coefficient (Wildman–Crippen LogP) is 2.12. The first kappa shape index (κ1) is 12.8. The number of aliphatic hydroxyl groups excluding tert-OH is 1. The van der Waals surface area contributed by atoms with Crippen LogP contribution in [0.4, 0.5) is 0 Å².